The van der Waals surface area contributed by atoms with Crippen molar-refractivity contribution in [1.82, 2.24) is 5.32 Å². The van der Waals surface area contributed by atoms with E-state index in [4.69, 9.17) is 9.47 Å². The zero-order valence-corrected chi connectivity index (χ0v) is 11.6. The van der Waals surface area contributed by atoms with Gasteiger partial charge < -0.3 is 14.8 Å². The first-order valence-corrected chi connectivity index (χ1v) is 6.45. The molecule has 0 rings (SSSR count). The van der Waals surface area contributed by atoms with E-state index in [0.717, 1.165) is 19.6 Å². The van der Waals surface area contributed by atoms with E-state index < -0.39 is 0 Å². The first kappa shape index (κ1) is 16.6. The first-order valence-electron chi connectivity index (χ1n) is 6.45. The van der Waals surface area contributed by atoms with E-state index >= 15 is 0 Å². The van der Waals surface area contributed by atoms with Crippen LogP contribution in [0.2, 0.25) is 0 Å². The summed E-state index contributed by atoms with van der Waals surface area (Å²) in [5.74, 6) is 0.198. The SMILES string of the molecule is CC(C)NCCCOCCOCC(=O)C(C)C. The van der Waals surface area contributed by atoms with Crippen molar-refractivity contribution in [2.75, 3.05) is 33.0 Å². The molecule has 0 aromatic carbocycles. The molecule has 102 valence electrons. The molecule has 0 aliphatic carbocycles. The highest BCUT2D eigenvalue weighted by atomic mass is 16.5. The second-order valence-corrected chi connectivity index (χ2v) is 4.75. The number of carbonyl (C=O) groups excluding carboxylic acids is 1. The van der Waals surface area contributed by atoms with E-state index in [1.807, 2.05) is 13.8 Å². The fraction of sp³-hybridized carbons (Fsp3) is 0.923. The largest absolute Gasteiger partial charge is 0.379 e. The summed E-state index contributed by atoms with van der Waals surface area (Å²) >= 11 is 0. The summed E-state index contributed by atoms with van der Waals surface area (Å²) in [6.45, 7) is 11.0. The molecule has 0 spiro atoms. The van der Waals surface area contributed by atoms with Crippen LogP contribution in [0.25, 0.3) is 0 Å². The number of Topliss-reactive ketones (excluding diaryl/α,β-unsaturated/α-hetero) is 1. The maximum absolute atomic E-state index is 11.2. The highest BCUT2D eigenvalue weighted by molar-refractivity contribution is 5.81. The Hall–Kier alpha value is -0.450. The van der Waals surface area contributed by atoms with Crippen LogP contribution in [-0.4, -0.2) is 44.8 Å². The Kier molecular flexibility index (Phi) is 10.4. The molecule has 0 radical (unpaired) electrons. The quantitative estimate of drug-likeness (QED) is 0.562. The molecule has 0 saturated heterocycles. The Morgan fingerprint density at radius 1 is 1.06 bits per heavy atom. The molecule has 0 heterocycles. The molecule has 4 heteroatoms. The van der Waals surface area contributed by atoms with Gasteiger partial charge in [0.1, 0.15) is 6.61 Å². The second kappa shape index (κ2) is 10.7. The van der Waals surface area contributed by atoms with Gasteiger partial charge in [-0.1, -0.05) is 27.7 Å². The molecule has 0 aromatic rings. The zero-order valence-electron chi connectivity index (χ0n) is 11.6. The highest BCUT2D eigenvalue weighted by Gasteiger charge is 2.06. The van der Waals surface area contributed by atoms with Gasteiger partial charge in [-0.3, -0.25) is 4.79 Å². The van der Waals surface area contributed by atoms with E-state index in [1.54, 1.807) is 0 Å². The van der Waals surface area contributed by atoms with Crippen molar-refractivity contribution in [3.8, 4) is 0 Å². The molecular formula is C13H27NO3. The molecule has 0 aliphatic rings. The number of rotatable bonds is 11. The fourth-order valence-electron chi connectivity index (χ4n) is 1.12. The summed E-state index contributed by atoms with van der Waals surface area (Å²) in [4.78, 5) is 11.2. The van der Waals surface area contributed by atoms with Crippen molar-refractivity contribution in [2.45, 2.75) is 40.2 Å². The summed E-state index contributed by atoms with van der Waals surface area (Å²) < 4.78 is 10.6. The van der Waals surface area contributed by atoms with Crippen molar-refractivity contribution in [3.63, 3.8) is 0 Å². The van der Waals surface area contributed by atoms with E-state index in [1.165, 1.54) is 0 Å². The van der Waals surface area contributed by atoms with Gasteiger partial charge in [-0.25, -0.2) is 0 Å². The smallest absolute Gasteiger partial charge is 0.160 e. The third-order valence-corrected chi connectivity index (χ3v) is 2.28. The minimum absolute atomic E-state index is 0.0537. The molecule has 0 saturated carbocycles. The predicted octanol–water partition coefficient (Wildman–Crippen LogP) is 1.63. The van der Waals surface area contributed by atoms with Crippen LogP contribution in [0, 0.1) is 5.92 Å². The lowest BCUT2D eigenvalue weighted by Gasteiger charge is -2.08. The third-order valence-electron chi connectivity index (χ3n) is 2.28. The minimum Gasteiger partial charge on any atom is -0.379 e. The average Bonchev–Trinajstić information content (AvgIpc) is 2.25. The summed E-state index contributed by atoms with van der Waals surface area (Å²) in [6.07, 6.45) is 1.00. The van der Waals surface area contributed by atoms with Gasteiger partial charge in [0.25, 0.3) is 0 Å². The van der Waals surface area contributed by atoms with Crippen LogP contribution in [0.5, 0.6) is 0 Å². The van der Waals surface area contributed by atoms with Crippen LogP contribution in [0.4, 0.5) is 0 Å². The molecule has 17 heavy (non-hydrogen) atoms. The van der Waals surface area contributed by atoms with Crippen LogP contribution in [-0.2, 0) is 14.3 Å². The average molecular weight is 245 g/mol. The van der Waals surface area contributed by atoms with Crippen LogP contribution >= 0.6 is 0 Å². The van der Waals surface area contributed by atoms with Crippen molar-refractivity contribution < 1.29 is 14.3 Å². The van der Waals surface area contributed by atoms with Crippen molar-refractivity contribution in [2.24, 2.45) is 5.92 Å². The van der Waals surface area contributed by atoms with Gasteiger partial charge in [0, 0.05) is 18.6 Å². The molecule has 0 amide bonds. The molecule has 4 nitrogen and oxygen atoms in total. The Labute approximate surface area is 105 Å². The van der Waals surface area contributed by atoms with Gasteiger partial charge in [0.15, 0.2) is 5.78 Å². The molecule has 0 unspecified atom stereocenters. The molecule has 0 atom stereocenters. The van der Waals surface area contributed by atoms with Gasteiger partial charge in [-0.2, -0.15) is 0 Å². The third kappa shape index (κ3) is 11.8. The fourth-order valence-corrected chi connectivity index (χ4v) is 1.12. The molecule has 0 aromatic heterocycles. The number of ether oxygens (including phenoxy) is 2. The molecule has 0 fully saturated rings. The van der Waals surface area contributed by atoms with E-state index in [0.29, 0.717) is 19.3 Å². The number of hydrogen-bond acceptors (Lipinski definition) is 4. The number of carbonyl (C=O) groups is 1. The Morgan fingerprint density at radius 2 is 1.71 bits per heavy atom. The lowest BCUT2D eigenvalue weighted by Crippen LogP contribution is -2.24. The Balaban J connectivity index is 3.11. The molecule has 1 N–H and O–H groups in total. The first-order chi connectivity index (χ1) is 8.04. The van der Waals surface area contributed by atoms with Gasteiger partial charge in [-0.15, -0.1) is 0 Å². The number of ketones is 1. The zero-order chi connectivity index (χ0) is 13.1. The molecule has 0 bridgehead atoms. The summed E-state index contributed by atoms with van der Waals surface area (Å²) in [5, 5.41) is 3.32. The normalized spacial score (nSPS) is 11.4. The number of nitrogens with one attached hydrogen (secondary N) is 1. The van der Waals surface area contributed by atoms with Gasteiger partial charge in [0.2, 0.25) is 0 Å². The van der Waals surface area contributed by atoms with Crippen LogP contribution in [0.15, 0.2) is 0 Å². The molecule has 0 aliphatic heterocycles. The van der Waals surface area contributed by atoms with Crippen molar-refractivity contribution in [3.05, 3.63) is 0 Å². The van der Waals surface area contributed by atoms with E-state index in [-0.39, 0.29) is 18.3 Å². The van der Waals surface area contributed by atoms with Crippen molar-refractivity contribution >= 4 is 5.78 Å². The van der Waals surface area contributed by atoms with Crippen LogP contribution in [0.1, 0.15) is 34.1 Å². The maximum Gasteiger partial charge on any atom is 0.160 e. The highest BCUT2D eigenvalue weighted by Crippen LogP contribution is 1.94. The standard InChI is InChI=1S/C13H27NO3/c1-11(2)13(15)10-17-9-8-16-7-5-6-14-12(3)4/h11-12,14H,5-10H2,1-4H3. The lowest BCUT2D eigenvalue weighted by molar-refractivity contribution is -0.127. The molecular weight excluding hydrogens is 218 g/mol. The van der Waals surface area contributed by atoms with Gasteiger partial charge in [-0.05, 0) is 13.0 Å². The Morgan fingerprint density at radius 3 is 2.29 bits per heavy atom. The van der Waals surface area contributed by atoms with E-state index in [2.05, 4.69) is 19.2 Å². The predicted molar refractivity (Wildman–Crippen MR) is 69.2 cm³/mol. The second-order valence-electron chi connectivity index (χ2n) is 4.75. The van der Waals surface area contributed by atoms with Gasteiger partial charge >= 0.3 is 0 Å². The van der Waals surface area contributed by atoms with Gasteiger partial charge in [0.05, 0.1) is 13.2 Å². The summed E-state index contributed by atoms with van der Waals surface area (Å²) in [6, 6.07) is 0.528. The summed E-state index contributed by atoms with van der Waals surface area (Å²) in [7, 11) is 0. The topological polar surface area (TPSA) is 47.6 Å². The van der Waals surface area contributed by atoms with Crippen molar-refractivity contribution in [1.29, 1.82) is 0 Å². The monoisotopic (exact) mass is 245 g/mol. The number of hydrogen-bond donors (Lipinski definition) is 1. The minimum atomic E-state index is 0.0537. The van der Waals surface area contributed by atoms with Crippen LogP contribution in [0.3, 0.4) is 0 Å². The lowest BCUT2D eigenvalue weighted by atomic mass is 10.1. The van der Waals surface area contributed by atoms with E-state index in [9.17, 15) is 4.79 Å². The van der Waals surface area contributed by atoms with Crippen LogP contribution < -0.4 is 5.32 Å². The summed E-state index contributed by atoms with van der Waals surface area (Å²) in [5.41, 5.74) is 0. The maximum atomic E-state index is 11.2. The Bertz CT molecular complexity index is 193.